The maximum atomic E-state index is 12.0. The van der Waals surface area contributed by atoms with E-state index in [1.807, 2.05) is 0 Å². The SMILES string of the molecule is COCCN(CCO)C(=O)CSCC(=O)N1CCOCC1. The Morgan fingerprint density at radius 3 is 2.62 bits per heavy atom. The van der Waals surface area contributed by atoms with Crippen LogP contribution in [0.3, 0.4) is 0 Å². The zero-order chi connectivity index (χ0) is 15.5. The summed E-state index contributed by atoms with van der Waals surface area (Å²) in [4.78, 5) is 27.2. The zero-order valence-corrected chi connectivity index (χ0v) is 13.3. The normalized spacial score (nSPS) is 15.0. The van der Waals surface area contributed by atoms with Crippen molar-refractivity contribution >= 4 is 23.6 Å². The number of carbonyl (C=O) groups is 2. The number of amides is 2. The van der Waals surface area contributed by atoms with Crippen LogP contribution < -0.4 is 0 Å². The van der Waals surface area contributed by atoms with E-state index in [0.717, 1.165) is 0 Å². The molecule has 0 unspecified atom stereocenters. The van der Waals surface area contributed by atoms with Crippen molar-refractivity contribution in [2.75, 3.05) is 71.2 Å². The van der Waals surface area contributed by atoms with Gasteiger partial charge in [-0.3, -0.25) is 9.59 Å². The number of carbonyl (C=O) groups excluding carboxylic acids is 2. The minimum atomic E-state index is -0.0825. The Hall–Kier alpha value is -0.830. The topological polar surface area (TPSA) is 79.3 Å². The number of morpholine rings is 1. The fourth-order valence-corrected chi connectivity index (χ4v) is 2.72. The minimum Gasteiger partial charge on any atom is -0.395 e. The van der Waals surface area contributed by atoms with Gasteiger partial charge < -0.3 is 24.4 Å². The smallest absolute Gasteiger partial charge is 0.232 e. The zero-order valence-electron chi connectivity index (χ0n) is 12.5. The third kappa shape index (κ3) is 7.12. The highest BCUT2D eigenvalue weighted by molar-refractivity contribution is 8.00. The number of aliphatic hydroxyl groups is 1. The highest BCUT2D eigenvalue weighted by atomic mass is 32.2. The number of ether oxygens (including phenoxy) is 2. The summed E-state index contributed by atoms with van der Waals surface area (Å²) in [5, 5.41) is 8.95. The molecule has 7 nitrogen and oxygen atoms in total. The first-order chi connectivity index (χ1) is 10.2. The van der Waals surface area contributed by atoms with Crippen molar-refractivity contribution < 1.29 is 24.2 Å². The van der Waals surface area contributed by atoms with Crippen molar-refractivity contribution in [1.29, 1.82) is 0 Å². The molecule has 1 fully saturated rings. The lowest BCUT2D eigenvalue weighted by atomic mass is 10.4. The molecule has 1 rings (SSSR count). The first-order valence-corrected chi connectivity index (χ1v) is 8.15. The number of aliphatic hydroxyl groups excluding tert-OH is 1. The van der Waals surface area contributed by atoms with Gasteiger partial charge in [0.15, 0.2) is 0 Å². The van der Waals surface area contributed by atoms with Gasteiger partial charge in [0, 0.05) is 33.3 Å². The van der Waals surface area contributed by atoms with E-state index >= 15 is 0 Å². The molecule has 0 bridgehead atoms. The standard InChI is InChI=1S/C13H24N2O5S/c1-19-7-3-14(2-6-16)12(17)10-21-11-13(18)15-4-8-20-9-5-15/h16H,2-11H2,1H3. The first kappa shape index (κ1) is 18.2. The lowest BCUT2D eigenvalue weighted by Gasteiger charge is -2.27. The van der Waals surface area contributed by atoms with E-state index in [4.69, 9.17) is 14.6 Å². The number of nitrogens with zero attached hydrogens (tertiary/aromatic N) is 2. The lowest BCUT2D eigenvalue weighted by molar-refractivity contribution is -0.132. The largest absolute Gasteiger partial charge is 0.395 e. The van der Waals surface area contributed by atoms with Crippen LogP contribution in [-0.2, 0) is 19.1 Å². The van der Waals surface area contributed by atoms with Crippen LogP contribution >= 0.6 is 11.8 Å². The third-order valence-electron chi connectivity index (χ3n) is 3.10. The minimum absolute atomic E-state index is 0.0432. The molecule has 1 aliphatic rings. The molecule has 1 N–H and O–H groups in total. The molecule has 21 heavy (non-hydrogen) atoms. The molecule has 0 spiro atoms. The highest BCUT2D eigenvalue weighted by Crippen LogP contribution is 2.07. The Morgan fingerprint density at radius 2 is 2.00 bits per heavy atom. The number of rotatable bonds is 9. The van der Waals surface area contributed by atoms with Crippen LogP contribution in [0.25, 0.3) is 0 Å². The van der Waals surface area contributed by atoms with E-state index in [-0.39, 0.29) is 24.2 Å². The van der Waals surface area contributed by atoms with Gasteiger partial charge in [-0.05, 0) is 0 Å². The Labute approximate surface area is 129 Å². The summed E-state index contributed by atoms with van der Waals surface area (Å²) in [6.45, 7) is 3.51. The van der Waals surface area contributed by atoms with Crippen molar-refractivity contribution in [3.63, 3.8) is 0 Å². The second-order valence-electron chi connectivity index (χ2n) is 4.58. The van der Waals surface area contributed by atoms with Crippen molar-refractivity contribution in [2.24, 2.45) is 0 Å². The van der Waals surface area contributed by atoms with Crippen LogP contribution in [0, 0.1) is 0 Å². The van der Waals surface area contributed by atoms with Crippen LogP contribution in [0.1, 0.15) is 0 Å². The van der Waals surface area contributed by atoms with Gasteiger partial charge >= 0.3 is 0 Å². The summed E-state index contributed by atoms with van der Waals surface area (Å²) in [7, 11) is 1.57. The number of thioether (sulfide) groups is 1. The molecule has 0 radical (unpaired) electrons. The van der Waals surface area contributed by atoms with Gasteiger partial charge in [0.1, 0.15) is 0 Å². The Kier molecular flexibility index (Phi) is 9.40. The molecule has 0 aromatic rings. The van der Waals surface area contributed by atoms with Gasteiger partial charge in [-0.2, -0.15) is 0 Å². The highest BCUT2D eigenvalue weighted by Gasteiger charge is 2.18. The maximum Gasteiger partial charge on any atom is 0.232 e. The Bertz CT molecular complexity index is 324. The summed E-state index contributed by atoms with van der Waals surface area (Å²) >= 11 is 1.31. The van der Waals surface area contributed by atoms with E-state index < -0.39 is 0 Å². The average Bonchev–Trinajstić information content (AvgIpc) is 2.52. The Morgan fingerprint density at radius 1 is 1.29 bits per heavy atom. The average molecular weight is 320 g/mol. The van der Waals surface area contributed by atoms with E-state index in [1.165, 1.54) is 11.8 Å². The second-order valence-corrected chi connectivity index (χ2v) is 5.57. The molecule has 0 saturated carbocycles. The van der Waals surface area contributed by atoms with Crippen molar-refractivity contribution in [3.8, 4) is 0 Å². The van der Waals surface area contributed by atoms with Gasteiger partial charge in [0.25, 0.3) is 0 Å². The van der Waals surface area contributed by atoms with E-state index in [2.05, 4.69) is 0 Å². The van der Waals surface area contributed by atoms with Crippen molar-refractivity contribution in [3.05, 3.63) is 0 Å². The van der Waals surface area contributed by atoms with Gasteiger partial charge in [-0.1, -0.05) is 0 Å². The van der Waals surface area contributed by atoms with Gasteiger partial charge in [-0.15, -0.1) is 11.8 Å². The number of hydrogen-bond acceptors (Lipinski definition) is 6. The molecule has 2 amide bonds. The number of hydrogen-bond donors (Lipinski definition) is 1. The Balaban J connectivity index is 2.25. The quantitative estimate of drug-likeness (QED) is 0.590. The summed E-state index contributed by atoms with van der Waals surface area (Å²) in [6.07, 6.45) is 0. The van der Waals surface area contributed by atoms with Crippen LogP contribution in [0.5, 0.6) is 0 Å². The molecular formula is C13H24N2O5S. The van der Waals surface area contributed by atoms with Crippen LogP contribution in [0.4, 0.5) is 0 Å². The predicted octanol–water partition coefficient (Wildman–Crippen LogP) is -0.954. The molecule has 122 valence electrons. The molecule has 0 atom stereocenters. The van der Waals surface area contributed by atoms with Crippen LogP contribution in [0.15, 0.2) is 0 Å². The number of methoxy groups -OCH3 is 1. The van der Waals surface area contributed by atoms with Crippen molar-refractivity contribution in [2.45, 2.75) is 0 Å². The predicted molar refractivity (Wildman–Crippen MR) is 80.3 cm³/mol. The van der Waals surface area contributed by atoms with Gasteiger partial charge in [0.2, 0.25) is 11.8 Å². The summed E-state index contributed by atoms with van der Waals surface area (Å²) < 4.78 is 10.1. The summed E-state index contributed by atoms with van der Waals surface area (Å²) in [5.74, 6) is 0.491. The molecule has 0 aromatic heterocycles. The second kappa shape index (κ2) is 10.8. The molecule has 1 heterocycles. The summed E-state index contributed by atoms with van der Waals surface area (Å²) in [5.41, 5.74) is 0. The monoisotopic (exact) mass is 320 g/mol. The molecule has 8 heteroatoms. The molecular weight excluding hydrogens is 296 g/mol. The summed E-state index contributed by atoms with van der Waals surface area (Å²) in [6, 6.07) is 0. The lowest BCUT2D eigenvalue weighted by Crippen LogP contribution is -2.42. The van der Waals surface area contributed by atoms with Gasteiger partial charge in [-0.25, -0.2) is 0 Å². The van der Waals surface area contributed by atoms with Crippen LogP contribution in [-0.4, -0.2) is 97.9 Å². The van der Waals surface area contributed by atoms with E-state index in [0.29, 0.717) is 51.8 Å². The van der Waals surface area contributed by atoms with Gasteiger partial charge in [0.05, 0.1) is 37.9 Å². The van der Waals surface area contributed by atoms with E-state index in [9.17, 15) is 9.59 Å². The van der Waals surface area contributed by atoms with E-state index in [1.54, 1.807) is 16.9 Å². The molecule has 1 aliphatic heterocycles. The van der Waals surface area contributed by atoms with Crippen molar-refractivity contribution in [1.82, 2.24) is 9.80 Å². The molecule has 0 aromatic carbocycles. The fraction of sp³-hybridized carbons (Fsp3) is 0.846. The molecule has 1 saturated heterocycles. The fourth-order valence-electron chi connectivity index (χ4n) is 1.90. The molecule has 0 aliphatic carbocycles. The van der Waals surface area contributed by atoms with Crippen LogP contribution in [0.2, 0.25) is 0 Å². The maximum absolute atomic E-state index is 12.0. The first-order valence-electron chi connectivity index (χ1n) is 7.00. The third-order valence-corrected chi connectivity index (χ3v) is 4.00.